The van der Waals surface area contributed by atoms with E-state index in [1.165, 1.54) is 11.6 Å². The second kappa shape index (κ2) is 8.18. The number of amides is 1. The second-order valence-electron chi connectivity index (χ2n) is 10.0. The summed E-state index contributed by atoms with van der Waals surface area (Å²) >= 11 is 0. The second-order valence-corrected chi connectivity index (χ2v) is 10.0. The minimum Gasteiger partial charge on any atom is -0.391 e. The van der Waals surface area contributed by atoms with Gasteiger partial charge in [0.15, 0.2) is 0 Å². The van der Waals surface area contributed by atoms with Crippen molar-refractivity contribution in [2.75, 3.05) is 13.1 Å². The van der Waals surface area contributed by atoms with E-state index in [1.807, 2.05) is 22.9 Å². The number of benzene rings is 2. The Balaban J connectivity index is 1.25. The number of carbonyl (C=O) groups excluding carboxylic acids is 1. The van der Waals surface area contributed by atoms with E-state index in [0.29, 0.717) is 29.9 Å². The van der Waals surface area contributed by atoms with Crippen LogP contribution >= 0.6 is 0 Å². The molecule has 1 aliphatic heterocycles. The van der Waals surface area contributed by atoms with Gasteiger partial charge in [0.25, 0.3) is 5.91 Å². The Morgan fingerprint density at radius 2 is 1.92 bits per heavy atom. The van der Waals surface area contributed by atoms with Crippen molar-refractivity contribution in [2.45, 2.75) is 30.8 Å². The van der Waals surface area contributed by atoms with Gasteiger partial charge in [0, 0.05) is 59.2 Å². The molecule has 2 fully saturated rings. The Hall–Kier alpha value is -4.17. The van der Waals surface area contributed by atoms with Gasteiger partial charge < -0.3 is 10.0 Å². The fourth-order valence-corrected chi connectivity index (χ4v) is 5.55. The lowest BCUT2D eigenvalue weighted by Crippen LogP contribution is -2.29. The molecule has 1 aliphatic carbocycles. The van der Waals surface area contributed by atoms with Crippen LogP contribution in [0.1, 0.15) is 40.9 Å². The molecule has 2 aromatic carbocycles. The van der Waals surface area contributed by atoms with E-state index in [1.54, 1.807) is 29.4 Å². The maximum atomic E-state index is 15.3. The van der Waals surface area contributed by atoms with Gasteiger partial charge in [-0.3, -0.25) is 14.2 Å². The zero-order valence-corrected chi connectivity index (χ0v) is 20.0. The van der Waals surface area contributed by atoms with Crippen LogP contribution in [-0.2, 0) is 5.41 Å². The summed E-state index contributed by atoms with van der Waals surface area (Å²) in [5.74, 6) is -0.197. The molecule has 1 N–H and O–H groups in total. The minimum absolute atomic E-state index is 0.168. The fourth-order valence-electron chi connectivity index (χ4n) is 5.55. The van der Waals surface area contributed by atoms with E-state index in [2.05, 4.69) is 39.2 Å². The SMILES string of the molecule is O=C(c1ccc(-c2cnc3ncc(C4(c5ccc6ncccc6c5)CC4)n3c2)c(F)c1)N1CCC(O)C1. The molecular weight excluding hydrogens is 469 g/mol. The summed E-state index contributed by atoms with van der Waals surface area (Å²) in [5, 5.41) is 10.8. The van der Waals surface area contributed by atoms with Crippen LogP contribution < -0.4 is 0 Å². The molecule has 2 aliphatic rings. The highest BCUT2D eigenvalue weighted by molar-refractivity contribution is 5.95. The van der Waals surface area contributed by atoms with Crippen LogP contribution in [0.15, 0.2) is 73.3 Å². The van der Waals surface area contributed by atoms with Crippen molar-refractivity contribution in [3.8, 4) is 11.1 Å². The standard InChI is InChI=1S/C29H24FN5O2/c30-24-13-19(27(37)34-11-7-22(36)17-34)3-5-23(24)20-14-32-28-33-15-26(35(28)16-20)29(8-9-29)21-4-6-25-18(12-21)2-1-10-31-25/h1-6,10,12-16,22,36H,7-9,11,17H2. The zero-order chi connectivity index (χ0) is 25.1. The molecule has 1 saturated carbocycles. The van der Waals surface area contributed by atoms with Gasteiger partial charge >= 0.3 is 0 Å². The third-order valence-electron chi connectivity index (χ3n) is 7.74. The molecule has 1 saturated heterocycles. The van der Waals surface area contributed by atoms with Gasteiger partial charge in [0.1, 0.15) is 5.82 Å². The van der Waals surface area contributed by atoms with E-state index in [-0.39, 0.29) is 23.4 Å². The number of nitrogens with zero attached hydrogens (tertiary/aromatic N) is 5. The van der Waals surface area contributed by atoms with Crippen LogP contribution in [0.25, 0.3) is 27.8 Å². The topological polar surface area (TPSA) is 83.6 Å². The number of hydrogen-bond acceptors (Lipinski definition) is 5. The molecule has 1 amide bonds. The molecule has 37 heavy (non-hydrogen) atoms. The number of β-amino-alcohol motifs (C(OH)–C–C–N with tert-alkyl or cyclic N) is 1. The summed E-state index contributed by atoms with van der Waals surface area (Å²) in [6.07, 6.45) is 9.17. The molecule has 184 valence electrons. The smallest absolute Gasteiger partial charge is 0.254 e. The first kappa shape index (κ1) is 22.1. The highest BCUT2D eigenvalue weighted by Gasteiger charge is 2.48. The van der Waals surface area contributed by atoms with E-state index in [4.69, 9.17) is 0 Å². The molecule has 7 rings (SSSR count). The van der Waals surface area contributed by atoms with Crippen LogP contribution in [0.5, 0.6) is 0 Å². The van der Waals surface area contributed by atoms with Gasteiger partial charge in [-0.05, 0) is 55.2 Å². The average Bonchev–Trinajstić information content (AvgIpc) is 3.42. The molecule has 0 radical (unpaired) electrons. The van der Waals surface area contributed by atoms with Crippen molar-refractivity contribution in [3.05, 3.63) is 96.0 Å². The van der Waals surface area contributed by atoms with Crippen molar-refractivity contribution in [1.29, 1.82) is 0 Å². The maximum Gasteiger partial charge on any atom is 0.254 e. The number of carbonyl (C=O) groups is 1. The summed E-state index contributed by atoms with van der Waals surface area (Å²) in [7, 11) is 0. The van der Waals surface area contributed by atoms with Crippen molar-refractivity contribution < 1.29 is 14.3 Å². The molecule has 7 nitrogen and oxygen atoms in total. The molecule has 5 aromatic rings. The predicted octanol–water partition coefficient (Wildman–Crippen LogP) is 4.37. The van der Waals surface area contributed by atoms with E-state index < -0.39 is 11.9 Å². The Morgan fingerprint density at radius 3 is 2.70 bits per heavy atom. The monoisotopic (exact) mass is 493 g/mol. The minimum atomic E-state index is -0.517. The number of aliphatic hydroxyl groups is 1. The third kappa shape index (κ3) is 3.59. The number of halogens is 1. The predicted molar refractivity (Wildman–Crippen MR) is 137 cm³/mol. The number of likely N-dealkylation sites (tertiary alicyclic amines) is 1. The lowest BCUT2D eigenvalue weighted by Gasteiger charge is -2.17. The van der Waals surface area contributed by atoms with E-state index in [0.717, 1.165) is 29.4 Å². The Kier molecular flexibility index (Phi) is 4.87. The molecule has 4 heterocycles. The highest BCUT2D eigenvalue weighted by Crippen LogP contribution is 2.53. The summed E-state index contributed by atoms with van der Waals surface area (Å²) in [5.41, 5.74) is 4.28. The number of aromatic nitrogens is 4. The van der Waals surface area contributed by atoms with Crippen LogP contribution in [0.4, 0.5) is 4.39 Å². The zero-order valence-electron chi connectivity index (χ0n) is 20.0. The number of pyridine rings is 1. The van der Waals surface area contributed by atoms with Gasteiger partial charge in [-0.1, -0.05) is 18.2 Å². The number of fused-ring (bicyclic) bond motifs is 2. The Morgan fingerprint density at radius 1 is 1.05 bits per heavy atom. The maximum absolute atomic E-state index is 15.3. The number of aliphatic hydroxyl groups excluding tert-OH is 1. The number of hydrogen-bond donors (Lipinski definition) is 1. The number of rotatable bonds is 4. The van der Waals surface area contributed by atoms with Crippen LogP contribution in [-0.4, -0.2) is 54.5 Å². The average molecular weight is 494 g/mol. The molecule has 0 bridgehead atoms. The summed E-state index contributed by atoms with van der Waals surface area (Å²) < 4.78 is 17.2. The van der Waals surface area contributed by atoms with Crippen LogP contribution in [0.2, 0.25) is 0 Å². The van der Waals surface area contributed by atoms with E-state index in [9.17, 15) is 9.90 Å². The first-order chi connectivity index (χ1) is 18.0. The van der Waals surface area contributed by atoms with Gasteiger partial charge in [-0.25, -0.2) is 14.4 Å². The van der Waals surface area contributed by atoms with Crippen molar-refractivity contribution in [1.82, 2.24) is 24.3 Å². The van der Waals surface area contributed by atoms with Gasteiger partial charge in [-0.15, -0.1) is 0 Å². The summed E-state index contributed by atoms with van der Waals surface area (Å²) in [6, 6.07) is 14.9. The van der Waals surface area contributed by atoms with Crippen LogP contribution in [0.3, 0.4) is 0 Å². The van der Waals surface area contributed by atoms with Gasteiger partial charge in [-0.2, -0.15) is 0 Å². The fraction of sp³-hybridized carbons (Fsp3) is 0.241. The van der Waals surface area contributed by atoms with Crippen molar-refractivity contribution in [3.63, 3.8) is 0 Å². The molecule has 8 heteroatoms. The molecule has 3 aromatic heterocycles. The number of imidazole rings is 1. The normalized spacial score (nSPS) is 18.5. The van der Waals surface area contributed by atoms with Crippen molar-refractivity contribution >= 4 is 22.6 Å². The summed E-state index contributed by atoms with van der Waals surface area (Å²) in [4.78, 5) is 27.8. The van der Waals surface area contributed by atoms with Gasteiger partial charge in [0.2, 0.25) is 5.78 Å². The van der Waals surface area contributed by atoms with Crippen LogP contribution in [0, 0.1) is 5.82 Å². The van der Waals surface area contributed by atoms with E-state index >= 15 is 4.39 Å². The highest BCUT2D eigenvalue weighted by atomic mass is 19.1. The summed E-state index contributed by atoms with van der Waals surface area (Å²) in [6.45, 7) is 0.754. The van der Waals surface area contributed by atoms with Crippen molar-refractivity contribution in [2.24, 2.45) is 0 Å². The molecular formula is C29H24FN5O2. The first-order valence-corrected chi connectivity index (χ1v) is 12.5. The molecule has 0 spiro atoms. The van der Waals surface area contributed by atoms with Gasteiger partial charge in [0.05, 0.1) is 23.5 Å². The lowest BCUT2D eigenvalue weighted by molar-refractivity contribution is 0.0764. The third-order valence-corrected chi connectivity index (χ3v) is 7.74. The molecule has 1 unspecified atom stereocenters. The quantitative estimate of drug-likeness (QED) is 0.402. The Bertz CT molecular complexity index is 1690. The largest absolute Gasteiger partial charge is 0.391 e. The Labute approximate surface area is 212 Å². The first-order valence-electron chi connectivity index (χ1n) is 12.5. The molecule has 1 atom stereocenters. The lowest BCUT2D eigenvalue weighted by atomic mass is 9.91.